The molecule has 1 spiro atoms. The van der Waals surface area contributed by atoms with Gasteiger partial charge in [-0.2, -0.15) is 0 Å². The summed E-state index contributed by atoms with van der Waals surface area (Å²) < 4.78 is 0. The third kappa shape index (κ3) is 1.68. The first-order valence-electron chi connectivity index (χ1n) is 7.20. The molecule has 100 valence electrons. The monoisotopic (exact) mass is 250 g/mol. The molecule has 0 amide bonds. The van der Waals surface area contributed by atoms with Crippen LogP contribution in [0, 0.1) is 17.3 Å². The second-order valence-corrected chi connectivity index (χ2v) is 6.27. The Bertz CT molecular complexity index is 387. The second-order valence-electron chi connectivity index (χ2n) is 6.27. The van der Waals surface area contributed by atoms with Gasteiger partial charge < -0.3 is 10.2 Å². The zero-order chi connectivity index (χ0) is 12.8. The number of aliphatic hydroxyl groups is 2. The number of hydrogen-bond donors (Lipinski definition) is 2. The zero-order valence-electron chi connectivity index (χ0n) is 10.8. The van der Waals surface area contributed by atoms with Gasteiger partial charge in [0.05, 0.1) is 12.7 Å². The number of carbonyl (C=O) groups is 1. The lowest BCUT2D eigenvalue weighted by atomic mass is 9.68. The van der Waals surface area contributed by atoms with Crippen molar-refractivity contribution in [2.24, 2.45) is 17.3 Å². The normalized spacial score (nSPS) is 44.0. The minimum absolute atomic E-state index is 0.00931. The van der Waals surface area contributed by atoms with Gasteiger partial charge in [-0.1, -0.05) is 18.9 Å². The molecular formula is C15H22O3. The van der Waals surface area contributed by atoms with Gasteiger partial charge in [-0.3, -0.25) is 4.79 Å². The third-order valence-corrected chi connectivity index (χ3v) is 5.40. The van der Waals surface area contributed by atoms with Crippen LogP contribution in [0.5, 0.6) is 0 Å². The first-order chi connectivity index (χ1) is 8.67. The van der Waals surface area contributed by atoms with E-state index >= 15 is 0 Å². The lowest BCUT2D eigenvalue weighted by Crippen LogP contribution is -2.39. The highest BCUT2D eigenvalue weighted by molar-refractivity contribution is 5.90. The number of fused-ring (bicyclic) bond motifs is 1. The van der Waals surface area contributed by atoms with E-state index in [4.69, 9.17) is 0 Å². The van der Waals surface area contributed by atoms with Gasteiger partial charge in [-0.25, -0.2) is 0 Å². The number of allylic oxidation sites excluding steroid dienone is 1. The summed E-state index contributed by atoms with van der Waals surface area (Å²) in [5, 5.41) is 19.7. The summed E-state index contributed by atoms with van der Waals surface area (Å²) in [5.74, 6) is 0.390. The molecule has 2 saturated carbocycles. The van der Waals surface area contributed by atoms with E-state index in [1.165, 1.54) is 0 Å². The van der Waals surface area contributed by atoms with Crippen LogP contribution in [-0.2, 0) is 4.79 Å². The highest BCUT2D eigenvalue weighted by Gasteiger charge is 2.55. The Morgan fingerprint density at radius 3 is 2.89 bits per heavy atom. The van der Waals surface area contributed by atoms with Crippen LogP contribution in [0.15, 0.2) is 11.6 Å². The van der Waals surface area contributed by atoms with E-state index < -0.39 is 0 Å². The Balaban J connectivity index is 2.05. The van der Waals surface area contributed by atoms with Crippen LogP contribution < -0.4 is 0 Å². The predicted octanol–water partition coefficient (Wildman–Crippen LogP) is 1.83. The van der Waals surface area contributed by atoms with Crippen LogP contribution in [0.1, 0.15) is 44.9 Å². The van der Waals surface area contributed by atoms with Crippen molar-refractivity contribution in [2.75, 3.05) is 6.61 Å². The van der Waals surface area contributed by atoms with Crippen LogP contribution >= 0.6 is 0 Å². The molecule has 18 heavy (non-hydrogen) atoms. The fourth-order valence-electron chi connectivity index (χ4n) is 4.45. The lowest BCUT2D eigenvalue weighted by molar-refractivity contribution is -0.134. The van der Waals surface area contributed by atoms with E-state index in [1.807, 2.05) is 6.08 Å². The molecule has 0 unspecified atom stereocenters. The number of aliphatic hydroxyl groups excluding tert-OH is 2. The molecule has 3 rings (SSSR count). The van der Waals surface area contributed by atoms with Crippen molar-refractivity contribution in [1.82, 2.24) is 0 Å². The summed E-state index contributed by atoms with van der Waals surface area (Å²) in [4.78, 5) is 12.8. The Morgan fingerprint density at radius 2 is 2.11 bits per heavy atom. The molecule has 3 heteroatoms. The van der Waals surface area contributed by atoms with Crippen molar-refractivity contribution < 1.29 is 15.0 Å². The third-order valence-electron chi connectivity index (χ3n) is 5.40. The summed E-state index contributed by atoms with van der Waals surface area (Å²) >= 11 is 0. The maximum absolute atomic E-state index is 12.8. The molecule has 3 aliphatic rings. The Labute approximate surface area is 108 Å². The molecule has 2 bridgehead atoms. The highest BCUT2D eigenvalue weighted by atomic mass is 16.3. The van der Waals surface area contributed by atoms with E-state index in [0.29, 0.717) is 12.2 Å². The van der Waals surface area contributed by atoms with E-state index in [9.17, 15) is 15.0 Å². The van der Waals surface area contributed by atoms with Gasteiger partial charge in [-0.15, -0.1) is 0 Å². The van der Waals surface area contributed by atoms with E-state index in [2.05, 4.69) is 0 Å². The van der Waals surface area contributed by atoms with Crippen molar-refractivity contribution in [3.05, 3.63) is 11.6 Å². The van der Waals surface area contributed by atoms with Gasteiger partial charge in [0.2, 0.25) is 0 Å². The van der Waals surface area contributed by atoms with Gasteiger partial charge in [0.1, 0.15) is 5.78 Å². The zero-order valence-corrected chi connectivity index (χ0v) is 10.8. The molecule has 3 nitrogen and oxygen atoms in total. The maximum Gasteiger partial charge on any atom is 0.146 e. The molecule has 0 aromatic heterocycles. The van der Waals surface area contributed by atoms with E-state index in [-0.39, 0.29) is 30.0 Å². The standard InChI is InChI=1S/C15H22O3/c16-9-10-7-11-3-1-2-5-15(14(11)18)6-4-13(17)12(15)8-10/h7,11-13,16-17H,1-6,8-9H2/t11-,12-,13+,15+/m1/s1. The summed E-state index contributed by atoms with van der Waals surface area (Å²) in [6.07, 6.45) is 8.01. The number of Topliss-reactive ketones (excluding diaryl/α,β-unsaturated/α-hetero) is 1. The van der Waals surface area contributed by atoms with E-state index in [0.717, 1.165) is 44.1 Å². The van der Waals surface area contributed by atoms with Crippen LogP contribution in [0.2, 0.25) is 0 Å². The molecule has 2 fully saturated rings. The largest absolute Gasteiger partial charge is 0.393 e. The highest BCUT2D eigenvalue weighted by Crippen LogP contribution is 2.55. The first kappa shape index (κ1) is 12.4. The SMILES string of the molecule is O=C1[C@H]2C=C(CO)C[C@@H]3[C@@H](O)CC[C@]13CCCC2. The van der Waals surface area contributed by atoms with Gasteiger partial charge in [0.15, 0.2) is 0 Å². The van der Waals surface area contributed by atoms with Crippen molar-refractivity contribution in [3.63, 3.8) is 0 Å². The number of carbonyl (C=O) groups excluding carboxylic acids is 1. The predicted molar refractivity (Wildman–Crippen MR) is 67.9 cm³/mol. The lowest BCUT2D eigenvalue weighted by Gasteiger charge is -2.34. The number of hydrogen-bond acceptors (Lipinski definition) is 3. The first-order valence-corrected chi connectivity index (χ1v) is 7.20. The van der Waals surface area contributed by atoms with Gasteiger partial charge in [-0.05, 0) is 37.7 Å². The molecule has 2 N–H and O–H groups in total. The summed E-state index contributed by atoms with van der Waals surface area (Å²) in [5.41, 5.74) is 0.677. The molecule has 0 aromatic carbocycles. The molecule has 0 aromatic rings. The molecule has 3 aliphatic carbocycles. The summed E-state index contributed by atoms with van der Waals surface area (Å²) in [7, 11) is 0. The van der Waals surface area contributed by atoms with Crippen molar-refractivity contribution in [2.45, 2.75) is 51.0 Å². The average Bonchev–Trinajstić information content (AvgIpc) is 2.53. The molecular weight excluding hydrogens is 228 g/mol. The van der Waals surface area contributed by atoms with Crippen molar-refractivity contribution >= 4 is 5.78 Å². The second kappa shape index (κ2) is 4.46. The maximum atomic E-state index is 12.8. The quantitative estimate of drug-likeness (QED) is 0.698. The van der Waals surface area contributed by atoms with Crippen LogP contribution in [0.4, 0.5) is 0 Å². The van der Waals surface area contributed by atoms with Crippen LogP contribution in [-0.4, -0.2) is 28.7 Å². The molecule has 4 atom stereocenters. The fourth-order valence-corrected chi connectivity index (χ4v) is 4.45. The minimum atomic E-state index is -0.360. The summed E-state index contributed by atoms with van der Waals surface area (Å²) in [6.45, 7) is 0.0308. The van der Waals surface area contributed by atoms with E-state index in [1.54, 1.807) is 0 Å². The number of ketones is 1. The average molecular weight is 250 g/mol. The van der Waals surface area contributed by atoms with Crippen molar-refractivity contribution in [1.29, 1.82) is 0 Å². The summed E-state index contributed by atoms with van der Waals surface area (Å²) in [6, 6.07) is 0. The van der Waals surface area contributed by atoms with Gasteiger partial charge in [0, 0.05) is 17.3 Å². The molecule has 0 saturated heterocycles. The smallest absolute Gasteiger partial charge is 0.146 e. The van der Waals surface area contributed by atoms with Crippen LogP contribution in [0.25, 0.3) is 0 Å². The Hall–Kier alpha value is -0.670. The van der Waals surface area contributed by atoms with Crippen LogP contribution in [0.3, 0.4) is 0 Å². The topological polar surface area (TPSA) is 57.5 Å². The minimum Gasteiger partial charge on any atom is -0.393 e. The Morgan fingerprint density at radius 1 is 1.28 bits per heavy atom. The van der Waals surface area contributed by atoms with Crippen molar-refractivity contribution in [3.8, 4) is 0 Å². The van der Waals surface area contributed by atoms with Gasteiger partial charge >= 0.3 is 0 Å². The van der Waals surface area contributed by atoms with Gasteiger partial charge in [0.25, 0.3) is 0 Å². The molecule has 0 radical (unpaired) electrons. The fraction of sp³-hybridized carbons (Fsp3) is 0.800. The molecule has 0 aliphatic heterocycles. The Kier molecular flexibility index (Phi) is 3.07. The number of rotatable bonds is 1. The molecule has 0 heterocycles.